The number of nitrogens with zero attached hydrogens (tertiary/aromatic N) is 1. The Morgan fingerprint density at radius 2 is 2.29 bits per heavy atom. The summed E-state index contributed by atoms with van der Waals surface area (Å²) in [5.74, 6) is -0.0782. The molecule has 2 atom stereocenters. The maximum atomic E-state index is 11.7. The number of thiophene rings is 1. The standard InChI is InChI=1S/C12H20N2O2S/c1-9(14(3)4)11(15)13-8-12(2,16)10-5-6-17-7-10/h5-7,9,16H,8H2,1-4H3,(H,13,15)/t9-,12?/m0/s1. The summed E-state index contributed by atoms with van der Waals surface area (Å²) in [7, 11) is 3.70. The molecule has 0 spiro atoms. The highest BCUT2D eigenvalue weighted by molar-refractivity contribution is 7.08. The Labute approximate surface area is 106 Å². The molecule has 2 N–H and O–H groups in total. The Morgan fingerprint density at radius 3 is 2.76 bits per heavy atom. The van der Waals surface area contributed by atoms with E-state index in [9.17, 15) is 9.90 Å². The van der Waals surface area contributed by atoms with Crippen molar-refractivity contribution < 1.29 is 9.90 Å². The van der Waals surface area contributed by atoms with E-state index in [2.05, 4.69) is 5.32 Å². The van der Waals surface area contributed by atoms with Crippen molar-refractivity contribution >= 4 is 17.2 Å². The average molecular weight is 256 g/mol. The van der Waals surface area contributed by atoms with Crippen molar-refractivity contribution in [2.75, 3.05) is 20.6 Å². The molecule has 0 aliphatic carbocycles. The number of likely N-dealkylation sites (N-methyl/N-ethyl adjacent to an activating group) is 1. The number of amides is 1. The molecule has 0 bridgehead atoms. The van der Waals surface area contributed by atoms with Gasteiger partial charge < -0.3 is 10.4 Å². The number of hydrogen-bond acceptors (Lipinski definition) is 4. The smallest absolute Gasteiger partial charge is 0.237 e. The number of carbonyl (C=O) groups excluding carboxylic acids is 1. The van der Waals surface area contributed by atoms with Gasteiger partial charge in [-0.15, -0.1) is 0 Å². The van der Waals surface area contributed by atoms with E-state index >= 15 is 0 Å². The van der Waals surface area contributed by atoms with Crippen molar-refractivity contribution in [3.05, 3.63) is 22.4 Å². The van der Waals surface area contributed by atoms with E-state index in [-0.39, 0.29) is 18.5 Å². The highest BCUT2D eigenvalue weighted by Gasteiger charge is 2.25. The fourth-order valence-corrected chi connectivity index (χ4v) is 2.10. The maximum Gasteiger partial charge on any atom is 0.237 e. The lowest BCUT2D eigenvalue weighted by atomic mass is 9.99. The number of carbonyl (C=O) groups is 1. The molecule has 0 saturated heterocycles. The third-order valence-corrected chi connectivity index (χ3v) is 3.59. The van der Waals surface area contributed by atoms with Gasteiger partial charge in [0, 0.05) is 0 Å². The van der Waals surface area contributed by atoms with Crippen LogP contribution in [0.2, 0.25) is 0 Å². The lowest BCUT2D eigenvalue weighted by Gasteiger charge is -2.25. The molecule has 5 heteroatoms. The van der Waals surface area contributed by atoms with Crippen LogP contribution in [0.15, 0.2) is 16.8 Å². The molecule has 0 radical (unpaired) electrons. The zero-order chi connectivity index (χ0) is 13.1. The van der Waals surface area contributed by atoms with Crippen LogP contribution in [-0.4, -0.2) is 42.6 Å². The van der Waals surface area contributed by atoms with Gasteiger partial charge in [0.15, 0.2) is 0 Å². The molecule has 0 aliphatic rings. The summed E-state index contributed by atoms with van der Waals surface area (Å²) in [6.45, 7) is 3.76. The van der Waals surface area contributed by atoms with Crippen molar-refractivity contribution in [1.29, 1.82) is 0 Å². The first-order valence-corrected chi connectivity index (χ1v) is 6.48. The van der Waals surface area contributed by atoms with E-state index in [1.807, 2.05) is 42.7 Å². The largest absolute Gasteiger partial charge is 0.384 e. The van der Waals surface area contributed by atoms with Gasteiger partial charge in [-0.3, -0.25) is 9.69 Å². The van der Waals surface area contributed by atoms with E-state index in [4.69, 9.17) is 0 Å². The summed E-state index contributed by atoms with van der Waals surface area (Å²) >= 11 is 1.53. The minimum atomic E-state index is -1.01. The van der Waals surface area contributed by atoms with Gasteiger partial charge in [-0.25, -0.2) is 0 Å². The molecule has 96 valence electrons. The van der Waals surface area contributed by atoms with E-state index in [1.165, 1.54) is 11.3 Å². The summed E-state index contributed by atoms with van der Waals surface area (Å²) in [4.78, 5) is 13.6. The summed E-state index contributed by atoms with van der Waals surface area (Å²) in [6, 6.07) is 1.67. The number of hydrogen-bond donors (Lipinski definition) is 2. The normalized spacial score (nSPS) is 16.6. The fourth-order valence-electron chi connectivity index (χ4n) is 1.31. The molecule has 0 saturated carbocycles. The van der Waals surface area contributed by atoms with Crippen LogP contribution >= 0.6 is 11.3 Å². The summed E-state index contributed by atoms with van der Waals surface area (Å²) in [6.07, 6.45) is 0. The minimum Gasteiger partial charge on any atom is -0.384 e. The molecule has 17 heavy (non-hydrogen) atoms. The second-order valence-electron chi connectivity index (χ2n) is 4.64. The SMILES string of the molecule is C[C@@H](C(=O)NCC(C)(O)c1ccsc1)N(C)C. The lowest BCUT2D eigenvalue weighted by Crippen LogP contribution is -2.46. The number of aliphatic hydroxyl groups is 1. The molecule has 1 aromatic rings. The molecule has 4 nitrogen and oxygen atoms in total. The second-order valence-corrected chi connectivity index (χ2v) is 5.42. The van der Waals surface area contributed by atoms with E-state index in [1.54, 1.807) is 6.92 Å². The zero-order valence-electron chi connectivity index (χ0n) is 10.7. The Balaban J connectivity index is 2.53. The van der Waals surface area contributed by atoms with Crippen LogP contribution in [0.25, 0.3) is 0 Å². The molecule has 1 amide bonds. The number of nitrogens with one attached hydrogen (secondary N) is 1. The second kappa shape index (κ2) is 5.62. The van der Waals surface area contributed by atoms with E-state index in [0.717, 1.165) is 5.56 Å². The summed E-state index contributed by atoms with van der Waals surface area (Å²) < 4.78 is 0. The van der Waals surface area contributed by atoms with Crippen LogP contribution < -0.4 is 5.32 Å². The van der Waals surface area contributed by atoms with Gasteiger partial charge in [-0.1, -0.05) is 0 Å². The van der Waals surface area contributed by atoms with Gasteiger partial charge >= 0.3 is 0 Å². The van der Waals surface area contributed by atoms with Gasteiger partial charge in [0.25, 0.3) is 0 Å². The Morgan fingerprint density at radius 1 is 1.65 bits per heavy atom. The Bertz CT molecular complexity index is 361. The van der Waals surface area contributed by atoms with Crippen LogP contribution in [0.3, 0.4) is 0 Å². The molecular weight excluding hydrogens is 236 g/mol. The van der Waals surface area contributed by atoms with Crippen molar-refractivity contribution in [3.63, 3.8) is 0 Å². The lowest BCUT2D eigenvalue weighted by molar-refractivity contribution is -0.126. The molecule has 1 rings (SSSR count). The third-order valence-electron chi connectivity index (χ3n) is 2.90. The van der Waals surface area contributed by atoms with Gasteiger partial charge in [-0.05, 0) is 50.3 Å². The Kier molecular flexibility index (Phi) is 4.68. The Hall–Kier alpha value is -0.910. The summed E-state index contributed by atoms with van der Waals surface area (Å²) in [5, 5.41) is 16.8. The third kappa shape index (κ3) is 3.80. The van der Waals surface area contributed by atoms with Crippen LogP contribution in [0.5, 0.6) is 0 Å². The molecular formula is C12H20N2O2S. The highest BCUT2D eigenvalue weighted by atomic mass is 32.1. The van der Waals surface area contributed by atoms with Gasteiger partial charge in [0.05, 0.1) is 12.6 Å². The average Bonchev–Trinajstić information content (AvgIpc) is 2.78. The molecule has 0 aromatic carbocycles. The van der Waals surface area contributed by atoms with Crippen LogP contribution in [0.1, 0.15) is 19.4 Å². The predicted octanol–water partition coefficient (Wildman–Crippen LogP) is 1.02. The van der Waals surface area contributed by atoms with Crippen molar-refractivity contribution in [2.45, 2.75) is 25.5 Å². The minimum absolute atomic E-state index is 0.0782. The first-order valence-electron chi connectivity index (χ1n) is 5.54. The highest BCUT2D eigenvalue weighted by Crippen LogP contribution is 2.21. The van der Waals surface area contributed by atoms with E-state index < -0.39 is 5.60 Å². The van der Waals surface area contributed by atoms with Gasteiger partial charge in [-0.2, -0.15) is 11.3 Å². The monoisotopic (exact) mass is 256 g/mol. The first-order chi connectivity index (χ1) is 7.84. The predicted molar refractivity (Wildman–Crippen MR) is 70.0 cm³/mol. The fraction of sp³-hybridized carbons (Fsp3) is 0.583. The van der Waals surface area contributed by atoms with Crippen molar-refractivity contribution in [2.24, 2.45) is 0 Å². The van der Waals surface area contributed by atoms with Gasteiger partial charge in [0.2, 0.25) is 5.91 Å². The maximum absolute atomic E-state index is 11.7. The molecule has 0 fully saturated rings. The topological polar surface area (TPSA) is 52.6 Å². The molecule has 0 aliphatic heterocycles. The zero-order valence-corrected chi connectivity index (χ0v) is 11.5. The first kappa shape index (κ1) is 14.2. The van der Waals surface area contributed by atoms with Crippen molar-refractivity contribution in [1.82, 2.24) is 10.2 Å². The van der Waals surface area contributed by atoms with Crippen LogP contribution in [-0.2, 0) is 10.4 Å². The quantitative estimate of drug-likeness (QED) is 0.827. The van der Waals surface area contributed by atoms with Crippen LogP contribution in [0, 0.1) is 0 Å². The number of rotatable bonds is 5. The van der Waals surface area contributed by atoms with E-state index in [0.29, 0.717) is 0 Å². The molecule has 1 aromatic heterocycles. The molecule has 1 heterocycles. The van der Waals surface area contributed by atoms with Crippen molar-refractivity contribution in [3.8, 4) is 0 Å². The summed E-state index contributed by atoms with van der Waals surface area (Å²) in [5.41, 5.74) is -0.179. The van der Waals surface area contributed by atoms with Gasteiger partial charge in [0.1, 0.15) is 5.60 Å². The van der Waals surface area contributed by atoms with Crippen LogP contribution in [0.4, 0.5) is 0 Å². The molecule has 1 unspecified atom stereocenters.